The Kier molecular flexibility index (Phi) is 5.07. The van der Waals surface area contributed by atoms with Gasteiger partial charge in [0.2, 0.25) is 0 Å². The van der Waals surface area contributed by atoms with Crippen LogP contribution < -0.4 is 5.32 Å². The molecule has 1 saturated heterocycles. The van der Waals surface area contributed by atoms with Gasteiger partial charge in [-0.2, -0.15) is 5.10 Å². The molecule has 1 fully saturated rings. The summed E-state index contributed by atoms with van der Waals surface area (Å²) in [5, 5.41) is 8.42. The van der Waals surface area contributed by atoms with Crippen LogP contribution in [0.3, 0.4) is 0 Å². The van der Waals surface area contributed by atoms with Crippen molar-refractivity contribution >= 4 is 15.9 Å². The molecule has 0 aromatic carbocycles. The Morgan fingerprint density at radius 2 is 2.21 bits per heavy atom. The molecular formula is C15H26BrN3. The van der Waals surface area contributed by atoms with E-state index in [-0.39, 0.29) is 5.54 Å². The first kappa shape index (κ1) is 15.0. The van der Waals surface area contributed by atoms with Gasteiger partial charge in [-0.3, -0.25) is 4.68 Å². The topological polar surface area (TPSA) is 29.9 Å². The predicted octanol–water partition coefficient (Wildman–Crippen LogP) is 4.39. The fourth-order valence-corrected chi connectivity index (χ4v) is 3.94. The second-order valence-corrected chi connectivity index (χ2v) is 6.80. The summed E-state index contributed by atoms with van der Waals surface area (Å²) in [6.45, 7) is 7.81. The average molecular weight is 328 g/mol. The Labute approximate surface area is 125 Å². The van der Waals surface area contributed by atoms with Crippen molar-refractivity contribution in [3.8, 4) is 0 Å². The number of nitrogens with zero attached hydrogens (tertiary/aromatic N) is 2. The normalized spacial score (nSPS) is 24.7. The van der Waals surface area contributed by atoms with E-state index in [0.717, 1.165) is 11.0 Å². The third-order valence-corrected chi connectivity index (χ3v) is 4.69. The molecule has 19 heavy (non-hydrogen) atoms. The lowest BCUT2D eigenvalue weighted by Crippen LogP contribution is -2.44. The van der Waals surface area contributed by atoms with Crippen LogP contribution in [-0.2, 0) is 5.54 Å². The SMILES string of the molecule is CCCC1(c2c(Br)cnn2C(C)C)CCCCCN1. The molecule has 108 valence electrons. The number of hydrogen-bond donors (Lipinski definition) is 1. The average Bonchev–Trinajstić information content (AvgIpc) is 2.61. The van der Waals surface area contributed by atoms with Gasteiger partial charge in [0.15, 0.2) is 0 Å². The molecule has 1 aliphatic rings. The Bertz CT molecular complexity index is 404. The van der Waals surface area contributed by atoms with E-state index in [1.54, 1.807) is 0 Å². The van der Waals surface area contributed by atoms with E-state index >= 15 is 0 Å². The molecular weight excluding hydrogens is 302 g/mol. The molecule has 0 amide bonds. The summed E-state index contributed by atoms with van der Waals surface area (Å²) in [4.78, 5) is 0. The first-order valence-corrected chi connectivity index (χ1v) is 8.38. The van der Waals surface area contributed by atoms with E-state index in [0.29, 0.717) is 6.04 Å². The third kappa shape index (κ3) is 3.05. The van der Waals surface area contributed by atoms with Gasteiger partial charge in [0.25, 0.3) is 0 Å². The molecule has 0 spiro atoms. The van der Waals surface area contributed by atoms with Gasteiger partial charge in [-0.15, -0.1) is 0 Å². The van der Waals surface area contributed by atoms with E-state index in [4.69, 9.17) is 0 Å². The summed E-state index contributed by atoms with van der Waals surface area (Å²) >= 11 is 3.73. The quantitative estimate of drug-likeness (QED) is 0.888. The van der Waals surface area contributed by atoms with Crippen molar-refractivity contribution in [2.45, 2.75) is 70.9 Å². The summed E-state index contributed by atoms with van der Waals surface area (Å²) in [7, 11) is 0. The van der Waals surface area contributed by atoms with Crippen LogP contribution >= 0.6 is 15.9 Å². The molecule has 2 heterocycles. The zero-order valence-electron chi connectivity index (χ0n) is 12.4. The number of aromatic nitrogens is 2. The zero-order valence-corrected chi connectivity index (χ0v) is 14.0. The van der Waals surface area contributed by atoms with Crippen LogP contribution in [0.1, 0.15) is 71.0 Å². The summed E-state index contributed by atoms with van der Waals surface area (Å²) in [6.07, 6.45) is 9.50. The summed E-state index contributed by atoms with van der Waals surface area (Å²) < 4.78 is 3.35. The lowest BCUT2D eigenvalue weighted by atomic mass is 9.85. The maximum Gasteiger partial charge on any atom is 0.0730 e. The molecule has 1 atom stereocenters. The number of hydrogen-bond acceptors (Lipinski definition) is 2. The number of halogens is 1. The highest BCUT2D eigenvalue weighted by atomic mass is 79.9. The zero-order chi connectivity index (χ0) is 13.9. The van der Waals surface area contributed by atoms with E-state index in [9.17, 15) is 0 Å². The molecule has 1 N–H and O–H groups in total. The maximum atomic E-state index is 4.58. The molecule has 1 aromatic rings. The first-order chi connectivity index (χ1) is 9.10. The van der Waals surface area contributed by atoms with Crippen molar-refractivity contribution in [1.29, 1.82) is 0 Å². The fraction of sp³-hybridized carbons (Fsp3) is 0.800. The van der Waals surface area contributed by atoms with E-state index in [1.807, 2.05) is 6.20 Å². The van der Waals surface area contributed by atoms with Crippen molar-refractivity contribution in [1.82, 2.24) is 15.1 Å². The summed E-state index contributed by atoms with van der Waals surface area (Å²) in [6, 6.07) is 0.403. The highest BCUT2D eigenvalue weighted by Gasteiger charge is 2.37. The second kappa shape index (κ2) is 6.40. The van der Waals surface area contributed by atoms with Gasteiger partial charge in [-0.1, -0.05) is 26.2 Å². The van der Waals surface area contributed by atoms with Gasteiger partial charge in [0, 0.05) is 6.04 Å². The summed E-state index contributed by atoms with van der Waals surface area (Å²) in [5.41, 5.74) is 1.46. The molecule has 0 aliphatic carbocycles. The molecule has 0 bridgehead atoms. The van der Waals surface area contributed by atoms with Crippen molar-refractivity contribution in [2.75, 3.05) is 6.54 Å². The lowest BCUT2D eigenvalue weighted by Gasteiger charge is -2.35. The minimum atomic E-state index is 0.102. The highest BCUT2D eigenvalue weighted by molar-refractivity contribution is 9.10. The van der Waals surface area contributed by atoms with E-state index in [1.165, 1.54) is 44.2 Å². The standard InChI is InChI=1S/C15H26BrN3/c1-4-8-15(9-6-5-7-10-17-15)14-13(16)11-18-19(14)12(2)3/h11-12,17H,4-10H2,1-3H3. The third-order valence-electron chi connectivity index (χ3n) is 4.11. The van der Waals surface area contributed by atoms with Crippen LogP contribution in [0, 0.1) is 0 Å². The van der Waals surface area contributed by atoms with E-state index < -0.39 is 0 Å². The Hall–Kier alpha value is -0.350. The minimum absolute atomic E-state index is 0.102. The molecule has 4 heteroatoms. The Balaban J connectivity index is 2.45. The maximum absolute atomic E-state index is 4.58. The molecule has 0 saturated carbocycles. The largest absolute Gasteiger partial charge is 0.306 e. The molecule has 3 nitrogen and oxygen atoms in total. The predicted molar refractivity (Wildman–Crippen MR) is 83.4 cm³/mol. The van der Waals surface area contributed by atoms with Gasteiger partial charge in [0.1, 0.15) is 0 Å². The number of nitrogens with one attached hydrogen (secondary N) is 1. The molecule has 1 aliphatic heterocycles. The monoisotopic (exact) mass is 327 g/mol. The second-order valence-electron chi connectivity index (χ2n) is 5.95. The molecule has 0 radical (unpaired) electrons. The lowest BCUT2D eigenvalue weighted by molar-refractivity contribution is 0.266. The van der Waals surface area contributed by atoms with Gasteiger partial charge in [-0.25, -0.2) is 0 Å². The van der Waals surface area contributed by atoms with Crippen LogP contribution in [0.25, 0.3) is 0 Å². The van der Waals surface area contributed by atoms with Gasteiger partial charge >= 0.3 is 0 Å². The van der Waals surface area contributed by atoms with E-state index in [2.05, 4.69) is 51.8 Å². The molecule has 1 unspecified atom stereocenters. The summed E-state index contributed by atoms with van der Waals surface area (Å²) in [5.74, 6) is 0. The van der Waals surface area contributed by atoms with Crippen molar-refractivity contribution in [2.24, 2.45) is 0 Å². The van der Waals surface area contributed by atoms with Crippen LogP contribution in [0.2, 0.25) is 0 Å². The molecule has 1 aromatic heterocycles. The van der Waals surface area contributed by atoms with Crippen molar-refractivity contribution in [3.63, 3.8) is 0 Å². The van der Waals surface area contributed by atoms with Crippen LogP contribution in [0.15, 0.2) is 10.7 Å². The van der Waals surface area contributed by atoms with Crippen LogP contribution in [-0.4, -0.2) is 16.3 Å². The fourth-order valence-electron chi connectivity index (χ4n) is 3.29. The van der Waals surface area contributed by atoms with Crippen LogP contribution in [0.4, 0.5) is 0 Å². The van der Waals surface area contributed by atoms with Gasteiger partial charge < -0.3 is 5.32 Å². The Morgan fingerprint density at radius 3 is 2.89 bits per heavy atom. The van der Waals surface area contributed by atoms with Crippen LogP contribution in [0.5, 0.6) is 0 Å². The van der Waals surface area contributed by atoms with Gasteiger partial charge in [0.05, 0.1) is 21.9 Å². The Morgan fingerprint density at radius 1 is 1.42 bits per heavy atom. The smallest absolute Gasteiger partial charge is 0.0730 e. The first-order valence-electron chi connectivity index (χ1n) is 7.59. The van der Waals surface area contributed by atoms with Crippen molar-refractivity contribution < 1.29 is 0 Å². The van der Waals surface area contributed by atoms with Crippen molar-refractivity contribution in [3.05, 3.63) is 16.4 Å². The number of rotatable bonds is 4. The molecule has 2 rings (SSSR count). The minimum Gasteiger partial charge on any atom is -0.306 e. The highest BCUT2D eigenvalue weighted by Crippen LogP contribution is 2.39. The van der Waals surface area contributed by atoms with Gasteiger partial charge in [-0.05, 0) is 55.6 Å².